The molecular formula is C14H11BrN4O. The third kappa shape index (κ3) is 2.71. The van der Waals surface area contributed by atoms with E-state index in [1.807, 2.05) is 30.3 Å². The smallest absolute Gasteiger partial charge is 0.240 e. The van der Waals surface area contributed by atoms with E-state index in [9.17, 15) is 0 Å². The predicted molar refractivity (Wildman–Crippen MR) is 81.6 cm³/mol. The van der Waals surface area contributed by atoms with Crippen LogP contribution < -0.4 is 16.0 Å². The summed E-state index contributed by atoms with van der Waals surface area (Å²) in [5, 5.41) is 2.23. The van der Waals surface area contributed by atoms with Crippen LogP contribution in [0.1, 0.15) is 0 Å². The summed E-state index contributed by atoms with van der Waals surface area (Å²) < 4.78 is 6.75. The lowest BCUT2D eigenvalue weighted by molar-refractivity contribution is 0.463. The summed E-state index contributed by atoms with van der Waals surface area (Å²) >= 11 is 3.45. The molecule has 0 aliphatic carbocycles. The second-order valence-electron chi connectivity index (χ2n) is 4.12. The highest BCUT2D eigenvalue weighted by Crippen LogP contribution is 2.26. The van der Waals surface area contributed by atoms with Crippen LogP contribution in [-0.2, 0) is 0 Å². The van der Waals surface area contributed by atoms with Gasteiger partial charge in [-0.25, -0.2) is 10.8 Å². The summed E-state index contributed by atoms with van der Waals surface area (Å²) in [6.07, 6.45) is 1.58. The fourth-order valence-electron chi connectivity index (χ4n) is 1.85. The zero-order valence-electron chi connectivity index (χ0n) is 10.4. The number of rotatable bonds is 3. The van der Waals surface area contributed by atoms with Crippen LogP contribution in [0.25, 0.3) is 10.8 Å². The van der Waals surface area contributed by atoms with Crippen molar-refractivity contribution in [3.05, 3.63) is 53.1 Å². The van der Waals surface area contributed by atoms with Crippen LogP contribution in [0.2, 0.25) is 0 Å². The first kappa shape index (κ1) is 12.8. The second kappa shape index (κ2) is 5.44. The minimum absolute atomic E-state index is 0.312. The van der Waals surface area contributed by atoms with Gasteiger partial charge in [-0.1, -0.05) is 28.1 Å². The number of ether oxygens (including phenoxy) is 1. The Morgan fingerprint density at radius 3 is 2.70 bits per heavy atom. The number of halogens is 1. The maximum absolute atomic E-state index is 5.70. The van der Waals surface area contributed by atoms with E-state index in [4.69, 9.17) is 10.6 Å². The Labute approximate surface area is 123 Å². The van der Waals surface area contributed by atoms with E-state index in [1.54, 1.807) is 12.3 Å². The molecule has 0 radical (unpaired) electrons. The molecule has 5 nitrogen and oxygen atoms in total. The van der Waals surface area contributed by atoms with Crippen LogP contribution in [0.3, 0.4) is 0 Å². The molecule has 3 rings (SSSR count). The van der Waals surface area contributed by atoms with Gasteiger partial charge in [0.25, 0.3) is 0 Å². The van der Waals surface area contributed by atoms with Crippen molar-refractivity contribution in [2.45, 2.75) is 0 Å². The zero-order valence-corrected chi connectivity index (χ0v) is 12.0. The Bertz CT molecular complexity index is 763. The van der Waals surface area contributed by atoms with Crippen molar-refractivity contribution in [1.29, 1.82) is 0 Å². The molecular weight excluding hydrogens is 320 g/mol. The quantitative estimate of drug-likeness (QED) is 0.568. The molecule has 0 saturated carbocycles. The fourth-order valence-corrected chi connectivity index (χ4v) is 2.23. The average molecular weight is 331 g/mol. The first-order valence-corrected chi connectivity index (χ1v) is 6.71. The number of nitrogen functional groups attached to an aromatic ring is 1. The first-order chi connectivity index (χ1) is 9.74. The van der Waals surface area contributed by atoms with Gasteiger partial charge in [-0.15, -0.1) is 0 Å². The molecule has 6 heteroatoms. The van der Waals surface area contributed by atoms with Crippen molar-refractivity contribution >= 4 is 32.7 Å². The number of nitrogens with one attached hydrogen (secondary N) is 1. The minimum Gasteiger partial charge on any atom is -0.439 e. The van der Waals surface area contributed by atoms with Gasteiger partial charge in [0.1, 0.15) is 5.75 Å². The number of benzene rings is 2. The van der Waals surface area contributed by atoms with Gasteiger partial charge in [-0.3, -0.25) is 5.43 Å². The highest BCUT2D eigenvalue weighted by molar-refractivity contribution is 9.10. The van der Waals surface area contributed by atoms with Gasteiger partial charge in [-0.05, 0) is 35.0 Å². The number of aromatic nitrogens is 2. The van der Waals surface area contributed by atoms with Crippen molar-refractivity contribution in [2.75, 3.05) is 5.43 Å². The maximum atomic E-state index is 5.70. The molecule has 0 aliphatic rings. The summed E-state index contributed by atoms with van der Waals surface area (Å²) in [4.78, 5) is 8.03. The van der Waals surface area contributed by atoms with Gasteiger partial charge in [0.2, 0.25) is 11.8 Å². The van der Waals surface area contributed by atoms with Crippen LogP contribution in [0.4, 0.5) is 5.95 Å². The number of nitrogens with two attached hydrogens (primary N) is 1. The minimum atomic E-state index is 0.312. The Morgan fingerprint density at radius 2 is 1.85 bits per heavy atom. The predicted octanol–water partition coefficient (Wildman–Crippen LogP) is 3.47. The maximum Gasteiger partial charge on any atom is 0.240 e. The van der Waals surface area contributed by atoms with Gasteiger partial charge >= 0.3 is 0 Å². The van der Waals surface area contributed by atoms with Crippen LogP contribution >= 0.6 is 15.9 Å². The van der Waals surface area contributed by atoms with E-state index in [1.165, 1.54) is 0 Å². The van der Waals surface area contributed by atoms with E-state index >= 15 is 0 Å². The molecule has 3 N–H and O–H groups in total. The van der Waals surface area contributed by atoms with Crippen LogP contribution in [0.15, 0.2) is 53.1 Å². The molecule has 0 spiro atoms. The van der Waals surface area contributed by atoms with E-state index in [2.05, 4.69) is 37.4 Å². The number of hydrogen-bond donors (Lipinski definition) is 2. The molecule has 100 valence electrons. The van der Waals surface area contributed by atoms with E-state index in [0.717, 1.165) is 15.2 Å². The third-order valence-electron chi connectivity index (χ3n) is 2.76. The topological polar surface area (TPSA) is 73.1 Å². The van der Waals surface area contributed by atoms with E-state index < -0.39 is 0 Å². The van der Waals surface area contributed by atoms with Crippen molar-refractivity contribution in [3.63, 3.8) is 0 Å². The second-order valence-corrected chi connectivity index (χ2v) is 5.03. The lowest BCUT2D eigenvalue weighted by Gasteiger charge is -2.07. The lowest BCUT2D eigenvalue weighted by Crippen LogP contribution is -2.10. The molecule has 20 heavy (non-hydrogen) atoms. The number of fused-ring (bicyclic) bond motifs is 1. The highest BCUT2D eigenvalue weighted by Gasteiger charge is 2.02. The van der Waals surface area contributed by atoms with Crippen LogP contribution in [0, 0.1) is 0 Å². The first-order valence-electron chi connectivity index (χ1n) is 5.91. The van der Waals surface area contributed by atoms with Crippen molar-refractivity contribution in [3.8, 4) is 11.6 Å². The summed E-state index contributed by atoms with van der Waals surface area (Å²) in [5.41, 5.74) is 2.38. The fraction of sp³-hybridized carbons (Fsp3) is 0. The summed E-state index contributed by atoms with van der Waals surface area (Å²) in [6, 6.07) is 13.6. The number of hydrazine groups is 1. The zero-order chi connectivity index (χ0) is 13.9. The Hall–Kier alpha value is -2.18. The highest BCUT2D eigenvalue weighted by atomic mass is 79.9. The molecule has 1 aromatic heterocycles. The SMILES string of the molecule is NNc1nccc(Oc2ccc3cc(Br)ccc3c2)n1. The molecule has 0 unspecified atom stereocenters. The Morgan fingerprint density at radius 1 is 1.05 bits per heavy atom. The molecule has 3 aromatic rings. The summed E-state index contributed by atoms with van der Waals surface area (Å²) in [5.74, 6) is 6.72. The summed E-state index contributed by atoms with van der Waals surface area (Å²) in [6.45, 7) is 0. The standard InChI is InChI=1S/C14H11BrN4O/c15-11-3-1-10-8-12(4-2-9(10)7-11)20-13-5-6-17-14(18-13)19-16/h1-8H,16H2,(H,17,18,19). The van der Waals surface area contributed by atoms with Gasteiger partial charge in [0.05, 0.1) is 0 Å². The Kier molecular flexibility index (Phi) is 3.49. The molecule has 2 aromatic carbocycles. The molecule has 1 heterocycles. The van der Waals surface area contributed by atoms with Crippen molar-refractivity contribution in [1.82, 2.24) is 9.97 Å². The van der Waals surface area contributed by atoms with Crippen LogP contribution in [-0.4, -0.2) is 9.97 Å². The average Bonchev–Trinajstić information content (AvgIpc) is 2.47. The third-order valence-corrected chi connectivity index (χ3v) is 3.25. The lowest BCUT2D eigenvalue weighted by atomic mass is 10.1. The van der Waals surface area contributed by atoms with E-state index in [-0.39, 0.29) is 0 Å². The molecule has 0 aliphatic heterocycles. The normalized spacial score (nSPS) is 10.5. The van der Waals surface area contributed by atoms with Gasteiger partial charge in [0, 0.05) is 16.7 Å². The number of anilines is 1. The number of hydrogen-bond acceptors (Lipinski definition) is 5. The van der Waals surface area contributed by atoms with E-state index in [0.29, 0.717) is 17.6 Å². The van der Waals surface area contributed by atoms with Gasteiger partial charge in [0.15, 0.2) is 0 Å². The molecule has 0 fully saturated rings. The molecule has 0 amide bonds. The van der Waals surface area contributed by atoms with Crippen molar-refractivity contribution < 1.29 is 4.74 Å². The van der Waals surface area contributed by atoms with Gasteiger partial charge < -0.3 is 4.74 Å². The summed E-state index contributed by atoms with van der Waals surface area (Å²) in [7, 11) is 0. The van der Waals surface area contributed by atoms with Gasteiger partial charge in [-0.2, -0.15) is 4.98 Å². The molecule has 0 bridgehead atoms. The Balaban J connectivity index is 1.92. The van der Waals surface area contributed by atoms with Crippen LogP contribution in [0.5, 0.6) is 11.6 Å². The molecule has 0 saturated heterocycles. The largest absolute Gasteiger partial charge is 0.439 e. The monoisotopic (exact) mass is 330 g/mol. The van der Waals surface area contributed by atoms with Crippen molar-refractivity contribution in [2.24, 2.45) is 5.84 Å². The number of nitrogens with zero attached hydrogens (tertiary/aromatic N) is 2. The molecule has 0 atom stereocenters.